The molecule has 21 heavy (non-hydrogen) atoms. The van der Waals surface area contributed by atoms with Crippen LogP contribution in [0.15, 0.2) is 48.5 Å². The molecule has 3 rings (SSSR count). The molecule has 1 N–H and O–H groups in total. The summed E-state index contributed by atoms with van der Waals surface area (Å²) < 4.78 is 13.0. The Kier molecular flexibility index (Phi) is 3.93. The van der Waals surface area contributed by atoms with Gasteiger partial charge in [0, 0.05) is 17.5 Å². The minimum atomic E-state index is -0.288. The van der Waals surface area contributed by atoms with Crippen LogP contribution in [-0.4, -0.2) is 12.5 Å². The molecule has 0 aromatic heterocycles. The predicted molar refractivity (Wildman–Crippen MR) is 81.0 cm³/mol. The molecule has 0 radical (unpaired) electrons. The molecular weight excluding hydrogens is 289 g/mol. The van der Waals surface area contributed by atoms with Crippen LogP contribution in [0.25, 0.3) is 0 Å². The lowest BCUT2D eigenvalue weighted by atomic mass is 9.81. The normalized spacial score (nSPS) is 21.9. The molecule has 1 fully saturated rings. The zero-order valence-electron chi connectivity index (χ0n) is 11.4. The van der Waals surface area contributed by atoms with Crippen LogP contribution < -0.4 is 5.32 Å². The number of benzene rings is 2. The van der Waals surface area contributed by atoms with Crippen LogP contribution in [0.2, 0.25) is 5.02 Å². The first-order valence-electron chi connectivity index (χ1n) is 6.92. The summed E-state index contributed by atoms with van der Waals surface area (Å²) >= 11 is 5.91. The summed E-state index contributed by atoms with van der Waals surface area (Å²) in [5, 5.41) is 3.65. The standard InChI is InChI=1S/C17H15ClFNO/c18-14-5-1-11(2-6-14)13-9-16(17(21)20-10-13)12-3-7-15(19)8-4-12/h1-8,13,16H,9-10H2,(H,20,21). The highest BCUT2D eigenvalue weighted by atomic mass is 35.5. The first-order chi connectivity index (χ1) is 10.1. The third-order valence-electron chi connectivity index (χ3n) is 3.97. The van der Waals surface area contributed by atoms with E-state index >= 15 is 0 Å². The van der Waals surface area contributed by atoms with Gasteiger partial charge in [0.25, 0.3) is 0 Å². The van der Waals surface area contributed by atoms with Gasteiger partial charge in [0.2, 0.25) is 5.91 Å². The number of nitrogens with one attached hydrogen (secondary N) is 1. The molecule has 108 valence electrons. The van der Waals surface area contributed by atoms with Crippen molar-refractivity contribution < 1.29 is 9.18 Å². The molecule has 2 aromatic carbocycles. The fourth-order valence-electron chi connectivity index (χ4n) is 2.79. The summed E-state index contributed by atoms with van der Waals surface area (Å²) in [5.74, 6) is -0.272. The first kappa shape index (κ1) is 14.1. The van der Waals surface area contributed by atoms with Gasteiger partial charge in [-0.25, -0.2) is 4.39 Å². The number of hydrogen-bond acceptors (Lipinski definition) is 1. The molecule has 1 heterocycles. The van der Waals surface area contributed by atoms with Crippen molar-refractivity contribution in [1.82, 2.24) is 5.32 Å². The minimum Gasteiger partial charge on any atom is -0.355 e. The molecule has 1 aliphatic heterocycles. The second kappa shape index (κ2) is 5.86. The third-order valence-corrected chi connectivity index (χ3v) is 4.23. The average Bonchev–Trinajstić information content (AvgIpc) is 2.50. The topological polar surface area (TPSA) is 29.1 Å². The fraction of sp³-hybridized carbons (Fsp3) is 0.235. The van der Waals surface area contributed by atoms with Gasteiger partial charge in [-0.3, -0.25) is 4.79 Å². The van der Waals surface area contributed by atoms with E-state index in [0.29, 0.717) is 11.6 Å². The maximum atomic E-state index is 13.0. The molecule has 2 aromatic rings. The number of halogens is 2. The molecule has 2 unspecified atom stereocenters. The average molecular weight is 304 g/mol. The number of piperidine rings is 1. The fourth-order valence-corrected chi connectivity index (χ4v) is 2.92. The van der Waals surface area contributed by atoms with Crippen molar-refractivity contribution in [3.63, 3.8) is 0 Å². The molecule has 0 bridgehead atoms. The Balaban J connectivity index is 1.83. The maximum absolute atomic E-state index is 13.0. The lowest BCUT2D eigenvalue weighted by Crippen LogP contribution is -2.39. The molecule has 0 saturated carbocycles. The van der Waals surface area contributed by atoms with Gasteiger partial charge in [-0.2, -0.15) is 0 Å². The zero-order chi connectivity index (χ0) is 14.8. The molecule has 1 amide bonds. The summed E-state index contributed by atoms with van der Waals surface area (Å²) in [6, 6.07) is 13.9. The van der Waals surface area contributed by atoms with Crippen molar-refractivity contribution in [3.05, 3.63) is 70.5 Å². The van der Waals surface area contributed by atoms with Crippen molar-refractivity contribution >= 4 is 17.5 Å². The van der Waals surface area contributed by atoms with Gasteiger partial charge < -0.3 is 5.32 Å². The Morgan fingerprint density at radius 3 is 2.29 bits per heavy atom. The largest absolute Gasteiger partial charge is 0.355 e. The monoisotopic (exact) mass is 303 g/mol. The Morgan fingerprint density at radius 2 is 1.62 bits per heavy atom. The van der Waals surface area contributed by atoms with Crippen LogP contribution in [0, 0.1) is 5.82 Å². The van der Waals surface area contributed by atoms with E-state index in [1.165, 1.54) is 12.1 Å². The number of carbonyl (C=O) groups excluding carboxylic acids is 1. The summed E-state index contributed by atoms with van der Waals surface area (Å²) in [7, 11) is 0. The SMILES string of the molecule is O=C1NCC(c2ccc(Cl)cc2)CC1c1ccc(F)cc1. The molecule has 0 aliphatic carbocycles. The Bertz CT molecular complexity index is 639. The molecule has 0 spiro atoms. The van der Waals surface area contributed by atoms with E-state index in [-0.39, 0.29) is 23.6 Å². The highest BCUT2D eigenvalue weighted by Gasteiger charge is 2.30. The van der Waals surface area contributed by atoms with Gasteiger partial charge >= 0.3 is 0 Å². The highest BCUT2D eigenvalue weighted by Crippen LogP contribution is 2.33. The summed E-state index contributed by atoms with van der Waals surface area (Å²) in [4.78, 5) is 12.1. The van der Waals surface area contributed by atoms with Gasteiger partial charge in [0.1, 0.15) is 5.82 Å². The van der Waals surface area contributed by atoms with Crippen molar-refractivity contribution in [1.29, 1.82) is 0 Å². The zero-order valence-corrected chi connectivity index (χ0v) is 12.1. The molecule has 1 aliphatic rings. The van der Waals surface area contributed by atoms with E-state index in [1.807, 2.05) is 24.3 Å². The lowest BCUT2D eigenvalue weighted by Gasteiger charge is -2.29. The predicted octanol–water partition coefficient (Wildman–Crippen LogP) is 3.87. The van der Waals surface area contributed by atoms with Gasteiger partial charge in [-0.1, -0.05) is 35.9 Å². The van der Waals surface area contributed by atoms with E-state index in [9.17, 15) is 9.18 Å². The van der Waals surface area contributed by atoms with Gasteiger partial charge in [0.05, 0.1) is 5.92 Å². The lowest BCUT2D eigenvalue weighted by molar-refractivity contribution is -0.124. The number of carbonyl (C=O) groups is 1. The van der Waals surface area contributed by atoms with E-state index in [0.717, 1.165) is 17.5 Å². The first-order valence-corrected chi connectivity index (χ1v) is 7.30. The summed E-state index contributed by atoms with van der Waals surface area (Å²) in [6.07, 6.45) is 0.721. The molecular formula is C17H15ClFNO. The Labute approximate surface area is 127 Å². The van der Waals surface area contributed by atoms with Crippen LogP contribution in [0.1, 0.15) is 29.4 Å². The second-order valence-corrected chi connectivity index (χ2v) is 5.77. The molecule has 2 atom stereocenters. The van der Waals surface area contributed by atoms with Crippen LogP contribution in [0.5, 0.6) is 0 Å². The Morgan fingerprint density at radius 1 is 1.00 bits per heavy atom. The van der Waals surface area contributed by atoms with E-state index in [4.69, 9.17) is 11.6 Å². The van der Waals surface area contributed by atoms with Crippen molar-refractivity contribution in [2.24, 2.45) is 0 Å². The molecule has 1 saturated heterocycles. The van der Waals surface area contributed by atoms with Crippen LogP contribution in [0.3, 0.4) is 0 Å². The Hall–Kier alpha value is -1.87. The highest BCUT2D eigenvalue weighted by molar-refractivity contribution is 6.30. The number of hydrogen-bond donors (Lipinski definition) is 1. The van der Waals surface area contributed by atoms with Crippen LogP contribution in [-0.2, 0) is 4.79 Å². The van der Waals surface area contributed by atoms with Crippen LogP contribution in [0.4, 0.5) is 4.39 Å². The summed E-state index contributed by atoms with van der Waals surface area (Å²) in [5.41, 5.74) is 2.01. The van der Waals surface area contributed by atoms with Gasteiger partial charge in [-0.15, -0.1) is 0 Å². The van der Waals surface area contributed by atoms with Gasteiger partial charge in [-0.05, 0) is 41.8 Å². The van der Waals surface area contributed by atoms with Crippen molar-refractivity contribution in [2.75, 3.05) is 6.54 Å². The quantitative estimate of drug-likeness (QED) is 0.896. The van der Waals surface area contributed by atoms with Crippen LogP contribution >= 0.6 is 11.6 Å². The second-order valence-electron chi connectivity index (χ2n) is 5.33. The minimum absolute atomic E-state index is 0.00632. The summed E-state index contributed by atoms with van der Waals surface area (Å²) in [6.45, 7) is 0.623. The van der Waals surface area contributed by atoms with Gasteiger partial charge in [0.15, 0.2) is 0 Å². The van der Waals surface area contributed by atoms with Crippen molar-refractivity contribution in [2.45, 2.75) is 18.3 Å². The molecule has 4 heteroatoms. The molecule has 2 nitrogen and oxygen atoms in total. The third kappa shape index (κ3) is 3.08. The number of rotatable bonds is 2. The van der Waals surface area contributed by atoms with E-state index < -0.39 is 0 Å². The number of amides is 1. The van der Waals surface area contributed by atoms with Crippen molar-refractivity contribution in [3.8, 4) is 0 Å². The maximum Gasteiger partial charge on any atom is 0.227 e. The van der Waals surface area contributed by atoms with E-state index in [1.54, 1.807) is 12.1 Å². The van der Waals surface area contributed by atoms with E-state index in [2.05, 4.69) is 5.32 Å². The smallest absolute Gasteiger partial charge is 0.227 e.